The SMILES string of the molecule is COCOc1c(N2C(=O)C=NS2(=O)=O)c(F)c2cc(NCCC(C)C)c(=O)n3c2c1CC3. The number of amides is 1. The molecule has 172 valence electrons. The molecule has 0 fully saturated rings. The van der Waals surface area contributed by atoms with Crippen molar-refractivity contribution in [1.29, 1.82) is 0 Å². The molecule has 12 heteroatoms. The largest absolute Gasteiger partial charge is 0.465 e. The summed E-state index contributed by atoms with van der Waals surface area (Å²) in [6, 6.07) is 1.36. The topological polar surface area (TPSA) is 119 Å². The molecule has 0 atom stereocenters. The molecule has 2 aliphatic heterocycles. The van der Waals surface area contributed by atoms with Crippen molar-refractivity contribution in [3.63, 3.8) is 0 Å². The van der Waals surface area contributed by atoms with Crippen molar-refractivity contribution in [2.75, 3.05) is 30.1 Å². The molecule has 2 aliphatic rings. The molecule has 0 saturated carbocycles. The molecule has 1 aromatic heterocycles. The van der Waals surface area contributed by atoms with Crippen LogP contribution in [0.1, 0.15) is 25.8 Å². The van der Waals surface area contributed by atoms with Crippen LogP contribution in [-0.4, -0.2) is 45.6 Å². The van der Waals surface area contributed by atoms with E-state index in [-0.39, 0.29) is 46.4 Å². The van der Waals surface area contributed by atoms with Crippen molar-refractivity contribution >= 4 is 44.6 Å². The van der Waals surface area contributed by atoms with Gasteiger partial charge >= 0.3 is 10.2 Å². The molecule has 0 aliphatic carbocycles. The maximum atomic E-state index is 15.9. The summed E-state index contributed by atoms with van der Waals surface area (Å²) in [5.41, 5.74) is 0.0644. The van der Waals surface area contributed by atoms with Crippen LogP contribution >= 0.6 is 0 Å². The molecule has 4 rings (SSSR count). The van der Waals surface area contributed by atoms with E-state index < -0.39 is 27.6 Å². The molecule has 0 spiro atoms. The van der Waals surface area contributed by atoms with E-state index in [4.69, 9.17) is 9.47 Å². The van der Waals surface area contributed by atoms with E-state index in [2.05, 4.69) is 9.71 Å². The first-order valence-electron chi connectivity index (χ1n) is 10.1. The van der Waals surface area contributed by atoms with E-state index in [0.29, 0.717) is 29.8 Å². The number of methoxy groups -OCH3 is 1. The Balaban J connectivity index is 1.97. The normalized spacial score (nSPS) is 16.5. The Kier molecular flexibility index (Phi) is 5.67. The van der Waals surface area contributed by atoms with Crippen LogP contribution in [0.15, 0.2) is 15.3 Å². The maximum Gasteiger partial charge on any atom is 0.352 e. The molecule has 2 aromatic rings. The summed E-state index contributed by atoms with van der Waals surface area (Å²) < 4.78 is 56.1. The van der Waals surface area contributed by atoms with Gasteiger partial charge in [-0.3, -0.25) is 9.59 Å². The standard InChI is InChI=1S/C20H23FN4O6S/c1-11(2)4-6-22-14-8-13-16(21)18(25-15(26)9-23-32(25,28)29)19(31-10-30-3)12-5-7-24(17(12)13)20(14)27/h8-9,11,22H,4-7,10H2,1-3H3. The summed E-state index contributed by atoms with van der Waals surface area (Å²) >= 11 is 0. The minimum absolute atomic E-state index is 0.0128. The van der Waals surface area contributed by atoms with Crippen LogP contribution in [0, 0.1) is 11.7 Å². The fourth-order valence-corrected chi connectivity index (χ4v) is 4.92. The number of benzene rings is 1. The highest BCUT2D eigenvalue weighted by atomic mass is 32.2. The van der Waals surface area contributed by atoms with Crippen molar-refractivity contribution in [3.05, 3.63) is 27.8 Å². The van der Waals surface area contributed by atoms with Gasteiger partial charge in [0.25, 0.3) is 11.5 Å². The van der Waals surface area contributed by atoms with Gasteiger partial charge in [-0.05, 0) is 24.8 Å². The lowest BCUT2D eigenvalue weighted by atomic mass is 10.0. The lowest BCUT2D eigenvalue weighted by Gasteiger charge is -2.22. The predicted molar refractivity (Wildman–Crippen MR) is 117 cm³/mol. The van der Waals surface area contributed by atoms with Gasteiger partial charge in [-0.25, -0.2) is 4.39 Å². The average Bonchev–Trinajstić information content (AvgIpc) is 3.28. The molecule has 0 bridgehead atoms. The Labute approximate surface area is 183 Å². The minimum Gasteiger partial charge on any atom is -0.465 e. The lowest BCUT2D eigenvalue weighted by molar-refractivity contribution is -0.110. The Morgan fingerprint density at radius 2 is 2.06 bits per heavy atom. The van der Waals surface area contributed by atoms with Crippen molar-refractivity contribution in [2.45, 2.75) is 33.2 Å². The van der Waals surface area contributed by atoms with Gasteiger partial charge in [0.15, 0.2) is 18.4 Å². The first-order valence-corrected chi connectivity index (χ1v) is 11.5. The summed E-state index contributed by atoms with van der Waals surface area (Å²) in [7, 11) is -3.12. The van der Waals surface area contributed by atoms with E-state index >= 15 is 4.39 Å². The summed E-state index contributed by atoms with van der Waals surface area (Å²) in [5.74, 6) is -1.77. The Morgan fingerprint density at radius 1 is 1.31 bits per heavy atom. The fourth-order valence-electron chi connectivity index (χ4n) is 3.93. The Bertz CT molecular complexity index is 1300. The zero-order chi connectivity index (χ0) is 23.2. The quantitative estimate of drug-likeness (QED) is 0.589. The zero-order valence-electron chi connectivity index (χ0n) is 17.8. The number of carbonyl (C=O) groups excluding carboxylic acids is 1. The highest BCUT2D eigenvalue weighted by molar-refractivity contribution is 7.93. The number of nitrogens with zero attached hydrogens (tertiary/aromatic N) is 3. The highest BCUT2D eigenvalue weighted by Crippen LogP contribution is 2.45. The zero-order valence-corrected chi connectivity index (χ0v) is 18.7. The number of hydrogen-bond acceptors (Lipinski definition) is 7. The molecule has 0 saturated heterocycles. The van der Waals surface area contributed by atoms with Crippen LogP contribution in [-0.2, 0) is 32.7 Å². The van der Waals surface area contributed by atoms with Gasteiger partial charge in [-0.15, -0.1) is 4.40 Å². The van der Waals surface area contributed by atoms with E-state index in [1.54, 1.807) is 0 Å². The van der Waals surface area contributed by atoms with Crippen molar-refractivity contribution < 1.29 is 27.1 Å². The van der Waals surface area contributed by atoms with E-state index in [1.165, 1.54) is 17.7 Å². The number of aromatic nitrogens is 1. The first kappa shape index (κ1) is 22.2. The van der Waals surface area contributed by atoms with Gasteiger partial charge < -0.3 is 19.4 Å². The molecule has 10 nitrogen and oxygen atoms in total. The van der Waals surface area contributed by atoms with E-state index in [9.17, 15) is 18.0 Å². The van der Waals surface area contributed by atoms with Gasteiger partial charge in [0.05, 0.1) is 5.52 Å². The van der Waals surface area contributed by atoms with Crippen LogP contribution in [0.25, 0.3) is 10.9 Å². The number of pyridine rings is 1. The fraction of sp³-hybridized carbons (Fsp3) is 0.450. The summed E-state index contributed by atoms with van der Waals surface area (Å²) in [6.45, 7) is 4.55. The molecule has 1 N–H and O–H groups in total. The van der Waals surface area contributed by atoms with Crippen LogP contribution in [0.5, 0.6) is 5.75 Å². The molecule has 1 aromatic carbocycles. The van der Waals surface area contributed by atoms with Crippen LogP contribution in [0.2, 0.25) is 0 Å². The summed E-state index contributed by atoms with van der Waals surface area (Å²) in [5, 5.41) is 3.06. The average molecular weight is 466 g/mol. The number of anilines is 2. The van der Waals surface area contributed by atoms with Gasteiger partial charge in [-0.1, -0.05) is 13.8 Å². The summed E-state index contributed by atoms with van der Waals surface area (Å²) in [4.78, 5) is 25.3. The number of aryl methyl sites for hydroxylation is 2. The maximum absolute atomic E-state index is 15.9. The number of hydrogen-bond donors (Lipinski definition) is 1. The van der Waals surface area contributed by atoms with Crippen molar-refractivity contribution in [3.8, 4) is 5.75 Å². The monoisotopic (exact) mass is 466 g/mol. The predicted octanol–water partition coefficient (Wildman–Crippen LogP) is 1.80. The van der Waals surface area contributed by atoms with Gasteiger partial charge in [0, 0.05) is 31.1 Å². The number of carbonyl (C=O) groups is 1. The van der Waals surface area contributed by atoms with Gasteiger partial charge in [0.1, 0.15) is 17.6 Å². The second-order valence-electron chi connectivity index (χ2n) is 7.97. The minimum atomic E-state index is -4.47. The molecule has 1 amide bonds. The van der Waals surface area contributed by atoms with Crippen LogP contribution in [0.3, 0.4) is 0 Å². The van der Waals surface area contributed by atoms with Crippen molar-refractivity contribution in [1.82, 2.24) is 4.57 Å². The van der Waals surface area contributed by atoms with Crippen molar-refractivity contribution in [2.24, 2.45) is 10.3 Å². The Morgan fingerprint density at radius 3 is 2.69 bits per heavy atom. The second-order valence-corrected chi connectivity index (χ2v) is 9.44. The molecular weight excluding hydrogens is 443 g/mol. The number of halogens is 1. The molecular formula is C20H23FN4O6S. The molecule has 0 radical (unpaired) electrons. The highest BCUT2D eigenvalue weighted by Gasteiger charge is 2.40. The van der Waals surface area contributed by atoms with Crippen LogP contribution in [0.4, 0.5) is 15.8 Å². The van der Waals surface area contributed by atoms with E-state index in [0.717, 1.165) is 6.42 Å². The third-order valence-electron chi connectivity index (χ3n) is 5.38. The third kappa shape index (κ3) is 3.52. The van der Waals surface area contributed by atoms with Crippen LogP contribution < -0.4 is 19.9 Å². The second kappa shape index (κ2) is 8.17. The number of rotatable bonds is 8. The molecule has 3 heterocycles. The van der Waals surface area contributed by atoms with Gasteiger partial charge in [-0.2, -0.15) is 12.7 Å². The Hall–Kier alpha value is -2.99. The lowest BCUT2D eigenvalue weighted by Crippen LogP contribution is -2.32. The number of nitrogens with one attached hydrogen (secondary N) is 1. The smallest absolute Gasteiger partial charge is 0.352 e. The van der Waals surface area contributed by atoms with E-state index in [1.807, 2.05) is 13.8 Å². The first-order chi connectivity index (χ1) is 15.2. The third-order valence-corrected chi connectivity index (χ3v) is 6.58. The van der Waals surface area contributed by atoms with Gasteiger partial charge in [0.2, 0.25) is 0 Å². The molecule has 32 heavy (non-hydrogen) atoms. The number of ether oxygens (including phenoxy) is 2. The summed E-state index contributed by atoms with van der Waals surface area (Å²) in [6.07, 6.45) is 1.70. The molecule has 0 unspecified atom stereocenters.